The number of pyridine rings is 1. The minimum atomic E-state index is 0.841. The van der Waals surface area contributed by atoms with Crippen molar-refractivity contribution in [1.29, 1.82) is 0 Å². The highest BCUT2D eigenvalue weighted by molar-refractivity contribution is 6.09. The lowest BCUT2D eigenvalue weighted by molar-refractivity contribution is 0.669. The number of aromatic nitrogens is 3. The molecular formula is C34H22N4O. The van der Waals surface area contributed by atoms with E-state index in [-0.39, 0.29) is 0 Å². The average Bonchev–Trinajstić information content (AvgIpc) is 3.64. The molecule has 0 bridgehead atoms. The molecule has 0 spiro atoms. The second-order valence-corrected chi connectivity index (χ2v) is 10.1. The molecule has 0 aliphatic carbocycles. The molecule has 0 saturated heterocycles. The molecule has 0 unspecified atom stereocenters. The zero-order chi connectivity index (χ0) is 25.5. The number of benzene rings is 4. The predicted octanol–water partition coefficient (Wildman–Crippen LogP) is 8.46. The standard InChI is InChI=1S/C34H22N4O/c1-3-9-27-23(7-1)33-29(11-5-17-35-33)37(27)21-13-15-31-25(19-21)26-20-22(14-16-32(26)39-31)38-28-10-4-2-8-24(28)34-30(38)12-6-18-36-34/h1-17,19-20,36H,18H2. The number of para-hydroxylation sites is 2. The SMILES string of the molecule is C1=Cc2c(c3ccccc3n2-c2ccc3oc4ccc(-n5c6ccccc6c6ncccc65)cc4c3c2)NC1. The van der Waals surface area contributed by atoms with Crippen LogP contribution in [0.3, 0.4) is 0 Å². The Hall–Kier alpha value is -5.29. The summed E-state index contributed by atoms with van der Waals surface area (Å²) in [6.45, 7) is 0.841. The van der Waals surface area contributed by atoms with E-state index in [4.69, 9.17) is 9.40 Å². The van der Waals surface area contributed by atoms with Gasteiger partial charge >= 0.3 is 0 Å². The summed E-state index contributed by atoms with van der Waals surface area (Å²) in [4.78, 5) is 4.71. The van der Waals surface area contributed by atoms with Crippen molar-refractivity contribution in [3.8, 4) is 11.4 Å². The first-order valence-corrected chi connectivity index (χ1v) is 13.2. The summed E-state index contributed by atoms with van der Waals surface area (Å²) < 4.78 is 11.0. The van der Waals surface area contributed by atoms with Crippen LogP contribution in [0, 0.1) is 0 Å². The van der Waals surface area contributed by atoms with Crippen LogP contribution in [0.25, 0.3) is 72.2 Å². The minimum Gasteiger partial charge on any atom is -0.456 e. The van der Waals surface area contributed by atoms with Crippen LogP contribution < -0.4 is 5.32 Å². The number of hydrogen-bond acceptors (Lipinski definition) is 3. The van der Waals surface area contributed by atoms with Crippen LogP contribution in [0.5, 0.6) is 0 Å². The van der Waals surface area contributed by atoms with Gasteiger partial charge in [-0.2, -0.15) is 0 Å². The first kappa shape index (κ1) is 20.7. The Bertz CT molecular complexity index is 2240. The maximum absolute atomic E-state index is 6.32. The van der Waals surface area contributed by atoms with Gasteiger partial charge in [-0.15, -0.1) is 0 Å². The van der Waals surface area contributed by atoms with Crippen LogP contribution in [0.4, 0.5) is 5.69 Å². The predicted molar refractivity (Wildman–Crippen MR) is 160 cm³/mol. The molecule has 5 nitrogen and oxygen atoms in total. The van der Waals surface area contributed by atoms with Crippen molar-refractivity contribution in [3.63, 3.8) is 0 Å². The molecule has 4 aromatic heterocycles. The molecule has 4 aromatic carbocycles. The Morgan fingerprint density at radius 2 is 1.31 bits per heavy atom. The normalized spacial score (nSPS) is 13.1. The van der Waals surface area contributed by atoms with Gasteiger partial charge in [-0.05, 0) is 66.7 Å². The smallest absolute Gasteiger partial charge is 0.135 e. The molecule has 0 radical (unpaired) electrons. The Morgan fingerprint density at radius 3 is 2.10 bits per heavy atom. The Labute approximate surface area is 223 Å². The van der Waals surface area contributed by atoms with E-state index in [9.17, 15) is 0 Å². The van der Waals surface area contributed by atoms with Gasteiger partial charge in [-0.1, -0.05) is 42.5 Å². The first-order chi connectivity index (χ1) is 19.3. The van der Waals surface area contributed by atoms with Gasteiger partial charge in [0.15, 0.2) is 0 Å². The zero-order valence-electron chi connectivity index (χ0n) is 20.9. The quantitative estimate of drug-likeness (QED) is 0.258. The lowest BCUT2D eigenvalue weighted by Gasteiger charge is -2.13. The van der Waals surface area contributed by atoms with E-state index in [1.54, 1.807) is 0 Å². The van der Waals surface area contributed by atoms with Crippen molar-refractivity contribution in [3.05, 3.63) is 115 Å². The molecule has 0 saturated carbocycles. The van der Waals surface area contributed by atoms with Gasteiger partial charge in [0, 0.05) is 45.7 Å². The second-order valence-electron chi connectivity index (χ2n) is 10.1. The van der Waals surface area contributed by atoms with Crippen LogP contribution in [0.15, 0.2) is 114 Å². The number of hydrogen-bond donors (Lipinski definition) is 1. The summed E-state index contributed by atoms with van der Waals surface area (Å²) in [7, 11) is 0. The van der Waals surface area contributed by atoms with Gasteiger partial charge < -0.3 is 18.9 Å². The fraction of sp³-hybridized carbons (Fsp3) is 0.0294. The van der Waals surface area contributed by atoms with E-state index < -0.39 is 0 Å². The van der Waals surface area contributed by atoms with Crippen LogP contribution in [-0.4, -0.2) is 20.7 Å². The summed E-state index contributed by atoms with van der Waals surface area (Å²) >= 11 is 0. The molecule has 39 heavy (non-hydrogen) atoms. The highest BCUT2D eigenvalue weighted by atomic mass is 16.3. The van der Waals surface area contributed by atoms with Gasteiger partial charge in [0.05, 0.1) is 33.4 Å². The maximum atomic E-state index is 6.32. The highest BCUT2D eigenvalue weighted by Crippen LogP contribution is 2.39. The zero-order valence-corrected chi connectivity index (χ0v) is 20.9. The molecule has 1 aliphatic heterocycles. The number of anilines is 1. The Kier molecular flexibility index (Phi) is 4.05. The van der Waals surface area contributed by atoms with Crippen molar-refractivity contribution in [2.24, 2.45) is 0 Å². The van der Waals surface area contributed by atoms with E-state index in [1.165, 1.54) is 22.3 Å². The van der Waals surface area contributed by atoms with Crippen LogP contribution in [0.1, 0.15) is 5.69 Å². The number of furan rings is 1. The van der Waals surface area contributed by atoms with E-state index >= 15 is 0 Å². The van der Waals surface area contributed by atoms with Gasteiger partial charge in [-0.25, -0.2) is 0 Å². The number of rotatable bonds is 2. The minimum absolute atomic E-state index is 0.841. The van der Waals surface area contributed by atoms with Gasteiger partial charge in [0.1, 0.15) is 11.2 Å². The number of nitrogens with one attached hydrogen (secondary N) is 1. The van der Waals surface area contributed by atoms with E-state index in [2.05, 4.69) is 118 Å². The largest absolute Gasteiger partial charge is 0.456 e. The fourth-order valence-corrected chi connectivity index (χ4v) is 6.31. The third-order valence-electron chi connectivity index (χ3n) is 7.96. The molecule has 0 amide bonds. The first-order valence-electron chi connectivity index (χ1n) is 13.2. The summed E-state index contributed by atoms with van der Waals surface area (Å²) in [6, 6.07) is 34.2. The second kappa shape index (κ2) is 7.62. The molecule has 0 atom stereocenters. The maximum Gasteiger partial charge on any atom is 0.135 e. The monoisotopic (exact) mass is 502 g/mol. The van der Waals surface area contributed by atoms with E-state index in [0.717, 1.165) is 61.8 Å². The lowest BCUT2D eigenvalue weighted by atomic mass is 10.1. The summed E-state index contributed by atoms with van der Waals surface area (Å²) in [5.74, 6) is 0. The number of nitrogens with zero attached hydrogens (tertiary/aromatic N) is 3. The Morgan fingerprint density at radius 1 is 0.641 bits per heavy atom. The Balaban J connectivity index is 1.31. The van der Waals surface area contributed by atoms with E-state index in [0.29, 0.717) is 0 Å². The number of fused-ring (bicyclic) bond motifs is 9. The molecule has 8 aromatic rings. The molecule has 5 heterocycles. The van der Waals surface area contributed by atoms with Crippen molar-refractivity contribution in [2.45, 2.75) is 0 Å². The molecule has 1 aliphatic rings. The van der Waals surface area contributed by atoms with Gasteiger partial charge in [0.25, 0.3) is 0 Å². The van der Waals surface area contributed by atoms with Crippen molar-refractivity contribution < 1.29 is 4.42 Å². The topological polar surface area (TPSA) is 47.9 Å². The molecule has 1 N–H and O–H groups in total. The van der Waals surface area contributed by atoms with Crippen LogP contribution in [-0.2, 0) is 0 Å². The molecule has 9 rings (SSSR count). The third kappa shape index (κ3) is 2.81. The summed E-state index contributed by atoms with van der Waals surface area (Å²) in [6.07, 6.45) is 6.26. The van der Waals surface area contributed by atoms with Gasteiger partial charge in [0.2, 0.25) is 0 Å². The summed E-state index contributed by atoms with van der Waals surface area (Å²) in [5, 5.41) is 8.15. The lowest BCUT2D eigenvalue weighted by Crippen LogP contribution is -2.05. The molecule has 5 heteroatoms. The van der Waals surface area contributed by atoms with Crippen molar-refractivity contribution in [1.82, 2.24) is 14.1 Å². The van der Waals surface area contributed by atoms with Crippen LogP contribution in [0.2, 0.25) is 0 Å². The highest BCUT2D eigenvalue weighted by Gasteiger charge is 2.19. The van der Waals surface area contributed by atoms with Crippen molar-refractivity contribution in [2.75, 3.05) is 11.9 Å². The average molecular weight is 503 g/mol. The summed E-state index contributed by atoms with van der Waals surface area (Å²) in [5.41, 5.74) is 10.8. The van der Waals surface area contributed by atoms with Gasteiger partial charge in [-0.3, -0.25) is 4.98 Å². The molecular weight excluding hydrogens is 480 g/mol. The van der Waals surface area contributed by atoms with Crippen LogP contribution >= 0.6 is 0 Å². The fourth-order valence-electron chi connectivity index (χ4n) is 6.31. The molecule has 0 fully saturated rings. The third-order valence-corrected chi connectivity index (χ3v) is 7.96. The van der Waals surface area contributed by atoms with Crippen molar-refractivity contribution >= 4 is 66.5 Å². The molecule has 184 valence electrons. The van der Waals surface area contributed by atoms with E-state index in [1.807, 2.05) is 12.3 Å².